The van der Waals surface area contributed by atoms with Crippen molar-refractivity contribution in [1.82, 2.24) is 15.1 Å². The first-order valence-electron chi connectivity index (χ1n) is 11.7. The van der Waals surface area contributed by atoms with E-state index >= 15 is 0 Å². The van der Waals surface area contributed by atoms with Crippen LogP contribution in [0.3, 0.4) is 0 Å². The number of amides is 1. The van der Waals surface area contributed by atoms with Crippen molar-refractivity contribution in [2.75, 3.05) is 20.8 Å². The van der Waals surface area contributed by atoms with Crippen LogP contribution in [0.4, 0.5) is 0 Å². The number of hydrogen-bond donors (Lipinski definition) is 1. The Hall–Kier alpha value is -4.07. The van der Waals surface area contributed by atoms with E-state index in [1.807, 2.05) is 25.5 Å². The van der Waals surface area contributed by atoms with Gasteiger partial charge in [0.25, 0.3) is 5.91 Å². The SMILES string of the molecule is COc1ccc(OC)c([C@H](C)NC(=O)COC(=O)/C=C/c2c(C)nn(Cc3ccc(C)cc3)c2C)c1. The largest absolute Gasteiger partial charge is 0.497 e. The molecule has 0 spiro atoms. The second-order valence-electron chi connectivity index (χ2n) is 8.57. The van der Waals surface area contributed by atoms with Crippen molar-refractivity contribution in [3.8, 4) is 11.5 Å². The van der Waals surface area contributed by atoms with Crippen LogP contribution in [0.25, 0.3) is 6.08 Å². The third-order valence-corrected chi connectivity index (χ3v) is 5.90. The van der Waals surface area contributed by atoms with Gasteiger partial charge in [-0.15, -0.1) is 0 Å². The number of carbonyl (C=O) groups excluding carboxylic acids is 2. The average molecular weight is 492 g/mol. The second kappa shape index (κ2) is 12.1. The third kappa shape index (κ3) is 6.75. The molecule has 1 heterocycles. The number of aromatic nitrogens is 2. The van der Waals surface area contributed by atoms with E-state index in [-0.39, 0.29) is 6.04 Å². The molecule has 0 saturated heterocycles. The van der Waals surface area contributed by atoms with Crippen molar-refractivity contribution in [3.63, 3.8) is 0 Å². The molecule has 190 valence electrons. The van der Waals surface area contributed by atoms with Gasteiger partial charge in [-0.2, -0.15) is 5.10 Å². The molecule has 1 atom stereocenters. The van der Waals surface area contributed by atoms with E-state index < -0.39 is 18.5 Å². The lowest BCUT2D eigenvalue weighted by Crippen LogP contribution is -2.31. The van der Waals surface area contributed by atoms with Crippen molar-refractivity contribution in [3.05, 3.63) is 82.2 Å². The number of methoxy groups -OCH3 is 2. The summed E-state index contributed by atoms with van der Waals surface area (Å²) in [5, 5.41) is 7.41. The summed E-state index contributed by atoms with van der Waals surface area (Å²) in [7, 11) is 3.13. The highest BCUT2D eigenvalue weighted by molar-refractivity contribution is 5.89. The second-order valence-corrected chi connectivity index (χ2v) is 8.57. The van der Waals surface area contributed by atoms with Crippen LogP contribution in [-0.2, 0) is 20.9 Å². The fourth-order valence-electron chi connectivity index (χ4n) is 3.85. The first kappa shape index (κ1) is 26.5. The van der Waals surface area contributed by atoms with E-state index in [2.05, 4.69) is 41.6 Å². The smallest absolute Gasteiger partial charge is 0.331 e. The fourth-order valence-corrected chi connectivity index (χ4v) is 3.85. The minimum atomic E-state index is -0.609. The van der Waals surface area contributed by atoms with Crippen LogP contribution in [0.5, 0.6) is 11.5 Å². The van der Waals surface area contributed by atoms with Crippen LogP contribution in [0.2, 0.25) is 0 Å². The molecule has 0 aliphatic rings. The maximum atomic E-state index is 12.4. The van der Waals surface area contributed by atoms with Crippen LogP contribution in [0, 0.1) is 20.8 Å². The number of ether oxygens (including phenoxy) is 3. The van der Waals surface area contributed by atoms with Crippen LogP contribution in [0.15, 0.2) is 48.5 Å². The summed E-state index contributed by atoms with van der Waals surface area (Å²) < 4.78 is 17.7. The molecule has 3 rings (SSSR count). The lowest BCUT2D eigenvalue weighted by atomic mass is 10.1. The summed E-state index contributed by atoms with van der Waals surface area (Å²) in [5.74, 6) is 0.239. The maximum Gasteiger partial charge on any atom is 0.331 e. The van der Waals surface area contributed by atoms with Crippen LogP contribution < -0.4 is 14.8 Å². The molecule has 0 radical (unpaired) electrons. The summed E-state index contributed by atoms with van der Waals surface area (Å²) >= 11 is 0. The predicted molar refractivity (Wildman–Crippen MR) is 138 cm³/mol. The molecule has 36 heavy (non-hydrogen) atoms. The zero-order valence-electron chi connectivity index (χ0n) is 21.6. The van der Waals surface area contributed by atoms with Crippen LogP contribution >= 0.6 is 0 Å². The maximum absolute atomic E-state index is 12.4. The molecule has 0 aliphatic heterocycles. The molecule has 0 aliphatic carbocycles. The third-order valence-electron chi connectivity index (χ3n) is 5.90. The quantitative estimate of drug-likeness (QED) is 0.336. The van der Waals surface area contributed by atoms with Gasteiger partial charge >= 0.3 is 5.97 Å². The predicted octanol–water partition coefficient (Wildman–Crippen LogP) is 4.31. The highest BCUT2D eigenvalue weighted by Gasteiger charge is 2.16. The number of nitrogens with zero attached hydrogens (tertiary/aromatic N) is 2. The molecule has 3 aromatic rings. The number of benzene rings is 2. The molecule has 0 bridgehead atoms. The molecule has 2 aromatic carbocycles. The molecule has 8 nitrogen and oxygen atoms in total. The lowest BCUT2D eigenvalue weighted by Gasteiger charge is -2.18. The average Bonchev–Trinajstić information content (AvgIpc) is 3.13. The Morgan fingerprint density at radius 3 is 2.44 bits per heavy atom. The van der Waals surface area contributed by atoms with Gasteiger partial charge in [0.05, 0.1) is 32.5 Å². The molecule has 1 N–H and O–H groups in total. The van der Waals surface area contributed by atoms with Crippen molar-refractivity contribution in [2.45, 2.75) is 40.3 Å². The van der Waals surface area contributed by atoms with Gasteiger partial charge in [0.2, 0.25) is 0 Å². The van der Waals surface area contributed by atoms with Crippen LogP contribution in [0.1, 0.15) is 46.6 Å². The van der Waals surface area contributed by atoms with Crippen LogP contribution in [-0.4, -0.2) is 42.5 Å². The van der Waals surface area contributed by atoms with Gasteiger partial charge in [0.1, 0.15) is 11.5 Å². The first-order chi connectivity index (χ1) is 17.2. The Morgan fingerprint density at radius 1 is 1.06 bits per heavy atom. The van der Waals surface area contributed by atoms with E-state index in [1.54, 1.807) is 38.5 Å². The number of nitrogens with one attached hydrogen (secondary N) is 1. The fraction of sp³-hybridized carbons (Fsp3) is 0.321. The van der Waals surface area contributed by atoms with Gasteiger partial charge in [0.15, 0.2) is 6.61 Å². The van der Waals surface area contributed by atoms with Crippen molar-refractivity contribution in [2.24, 2.45) is 0 Å². The van der Waals surface area contributed by atoms with E-state index in [9.17, 15) is 9.59 Å². The Balaban J connectivity index is 1.56. The standard InChI is InChI=1S/C28H33N3O5/c1-18-7-9-22(10-8-18)16-31-21(4)24(20(3)30-31)12-14-28(33)36-17-27(32)29-19(2)25-15-23(34-5)11-13-26(25)35-6/h7-15,19H,16-17H2,1-6H3,(H,29,32)/b14-12+/t19-/m0/s1. The number of esters is 1. The zero-order valence-corrected chi connectivity index (χ0v) is 21.6. The summed E-state index contributed by atoms with van der Waals surface area (Å²) in [5.41, 5.74) is 5.70. The zero-order chi connectivity index (χ0) is 26.2. The monoisotopic (exact) mass is 491 g/mol. The molecule has 0 unspecified atom stereocenters. The number of rotatable bonds is 10. The number of aryl methyl sites for hydroxylation is 2. The van der Waals surface area contributed by atoms with Crippen molar-refractivity contribution in [1.29, 1.82) is 0 Å². The van der Waals surface area contributed by atoms with Gasteiger partial charge in [-0.1, -0.05) is 29.8 Å². The van der Waals surface area contributed by atoms with Gasteiger partial charge in [-0.25, -0.2) is 4.79 Å². The van der Waals surface area contributed by atoms with Gasteiger partial charge in [-0.05, 0) is 57.5 Å². The highest BCUT2D eigenvalue weighted by Crippen LogP contribution is 2.29. The summed E-state index contributed by atoms with van der Waals surface area (Å²) in [4.78, 5) is 24.6. The normalized spacial score (nSPS) is 11.8. The Bertz CT molecular complexity index is 1240. The molecule has 8 heteroatoms. The summed E-state index contributed by atoms with van der Waals surface area (Å²) in [6, 6.07) is 13.3. The lowest BCUT2D eigenvalue weighted by molar-refractivity contribution is -0.144. The summed E-state index contributed by atoms with van der Waals surface area (Å²) in [6.45, 7) is 7.96. The molecule has 0 saturated carbocycles. The van der Waals surface area contributed by atoms with Gasteiger partial charge in [0, 0.05) is 22.9 Å². The minimum absolute atomic E-state index is 0.374. The molecule has 1 aromatic heterocycles. The highest BCUT2D eigenvalue weighted by atomic mass is 16.5. The van der Waals surface area contributed by atoms with E-state index in [4.69, 9.17) is 14.2 Å². The molecule has 1 amide bonds. The topological polar surface area (TPSA) is 91.7 Å². The molecule has 0 fully saturated rings. The minimum Gasteiger partial charge on any atom is -0.497 e. The van der Waals surface area contributed by atoms with E-state index in [0.717, 1.165) is 28.1 Å². The number of hydrogen-bond acceptors (Lipinski definition) is 6. The van der Waals surface area contributed by atoms with Crippen molar-refractivity contribution < 1.29 is 23.8 Å². The van der Waals surface area contributed by atoms with Crippen molar-refractivity contribution >= 4 is 18.0 Å². The molecular weight excluding hydrogens is 458 g/mol. The van der Waals surface area contributed by atoms with E-state index in [1.165, 1.54) is 11.6 Å². The Labute approximate surface area is 211 Å². The van der Waals surface area contributed by atoms with Gasteiger partial charge in [-0.3, -0.25) is 9.48 Å². The molecular formula is C28H33N3O5. The van der Waals surface area contributed by atoms with Gasteiger partial charge < -0.3 is 19.5 Å². The van der Waals surface area contributed by atoms with E-state index in [0.29, 0.717) is 18.0 Å². The number of carbonyl (C=O) groups is 2. The Morgan fingerprint density at radius 2 is 1.78 bits per heavy atom. The summed E-state index contributed by atoms with van der Waals surface area (Å²) in [6.07, 6.45) is 2.99. The Kier molecular flexibility index (Phi) is 8.89. The first-order valence-corrected chi connectivity index (χ1v) is 11.7.